The van der Waals surface area contributed by atoms with Gasteiger partial charge < -0.3 is 15.5 Å². The summed E-state index contributed by atoms with van der Waals surface area (Å²) in [5, 5.41) is 4.42. The number of primary amides is 1. The monoisotopic (exact) mass is 430 g/mol. The van der Waals surface area contributed by atoms with E-state index >= 15 is 0 Å². The van der Waals surface area contributed by atoms with Gasteiger partial charge in [0.2, 0.25) is 0 Å². The van der Waals surface area contributed by atoms with Crippen LogP contribution in [0.3, 0.4) is 0 Å². The fraction of sp³-hybridized carbons (Fsp3) is 0.0500. The first-order valence-corrected chi connectivity index (χ1v) is 9.00. The summed E-state index contributed by atoms with van der Waals surface area (Å²) in [6, 6.07) is 9.65. The minimum atomic E-state index is -0.863. The number of carbonyl (C=O) groups is 1. The molecule has 0 saturated heterocycles. The highest BCUT2D eigenvalue weighted by Crippen LogP contribution is 2.33. The molecule has 152 valence electrons. The molecule has 2 aromatic heterocycles. The predicted octanol–water partition coefficient (Wildman–Crippen LogP) is 3.18. The highest BCUT2D eigenvalue weighted by molar-refractivity contribution is 6.35. The van der Waals surface area contributed by atoms with Crippen LogP contribution in [-0.4, -0.2) is 27.3 Å². The van der Waals surface area contributed by atoms with Crippen molar-refractivity contribution in [3.8, 4) is 22.7 Å². The lowest BCUT2D eigenvalue weighted by Gasteiger charge is -2.07. The summed E-state index contributed by atoms with van der Waals surface area (Å²) in [6.45, 7) is -0.293. The number of para-hydroxylation sites is 1. The molecule has 30 heavy (non-hydrogen) atoms. The number of hydrogen-bond donors (Lipinski definition) is 2. The number of aromatic amines is 1. The number of nitrogens with two attached hydrogens (primary N) is 1. The highest BCUT2D eigenvalue weighted by Gasteiger charge is 2.23. The van der Waals surface area contributed by atoms with Gasteiger partial charge in [-0.3, -0.25) is 9.59 Å². The highest BCUT2D eigenvalue weighted by atomic mass is 35.5. The predicted molar refractivity (Wildman–Crippen MR) is 107 cm³/mol. The number of aromatic nitrogens is 3. The Morgan fingerprint density at radius 1 is 1.17 bits per heavy atom. The number of amides is 1. The van der Waals surface area contributed by atoms with Gasteiger partial charge in [-0.15, -0.1) is 0 Å². The van der Waals surface area contributed by atoms with E-state index < -0.39 is 28.8 Å². The van der Waals surface area contributed by atoms with Gasteiger partial charge in [-0.2, -0.15) is 5.10 Å². The Morgan fingerprint density at radius 3 is 2.47 bits per heavy atom. The fourth-order valence-corrected chi connectivity index (χ4v) is 3.27. The Bertz CT molecular complexity index is 1310. The molecule has 0 radical (unpaired) electrons. The molecule has 0 aliphatic rings. The lowest BCUT2D eigenvalue weighted by Crippen LogP contribution is -2.19. The minimum absolute atomic E-state index is 0.0624. The second kappa shape index (κ2) is 7.60. The van der Waals surface area contributed by atoms with Gasteiger partial charge in [0.05, 0.1) is 10.4 Å². The van der Waals surface area contributed by atoms with E-state index in [1.165, 1.54) is 12.3 Å². The number of H-pyrrole nitrogens is 1. The third-order valence-electron chi connectivity index (χ3n) is 4.33. The van der Waals surface area contributed by atoms with Gasteiger partial charge in [0, 0.05) is 11.8 Å². The minimum Gasteiger partial charge on any atom is -0.484 e. The van der Waals surface area contributed by atoms with E-state index in [-0.39, 0.29) is 28.2 Å². The first-order chi connectivity index (χ1) is 14.4. The Labute approximate surface area is 172 Å². The van der Waals surface area contributed by atoms with Crippen molar-refractivity contribution in [2.24, 2.45) is 5.73 Å². The van der Waals surface area contributed by atoms with Crippen LogP contribution in [0.5, 0.6) is 5.75 Å². The lowest BCUT2D eigenvalue weighted by molar-refractivity contribution is -0.119. The van der Waals surface area contributed by atoms with Crippen molar-refractivity contribution in [2.75, 3.05) is 6.61 Å². The molecule has 4 rings (SSSR count). The first-order valence-electron chi connectivity index (χ1n) is 8.62. The van der Waals surface area contributed by atoms with Gasteiger partial charge in [-0.1, -0.05) is 17.7 Å². The van der Waals surface area contributed by atoms with E-state index in [0.29, 0.717) is 11.3 Å². The number of ether oxygens (including phenoxy) is 1. The molecular formula is C20H13ClF2N4O3. The normalized spacial score (nSPS) is 11.0. The maximum atomic E-state index is 14.4. The number of benzene rings is 2. The maximum absolute atomic E-state index is 14.4. The number of fused-ring (bicyclic) bond motifs is 1. The smallest absolute Gasteiger partial charge is 0.259 e. The van der Waals surface area contributed by atoms with Crippen LogP contribution in [-0.2, 0) is 4.79 Å². The molecule has 4 aromatic rings. The Balaban J connectivity index is 1.93. The van der Waals surface area contributed by atoms with Crippen LogP contribution in [0.2, 0.25) is 5.02 Å². The van der Waals surface area contributed by atoms with Gasteiger partial charge in [-0.25, -0.2) is 13.5 Å². The summed E-state index contributed by atoms with van der Waals surface area (Å²) in [5.74, 6) is -1.99. The van der Waals surface area contributed by atoms with E-state index in [2.05, 4.69) is 10.1 Å². The van der Waals surface area contributed by atoms with Crippen LogP contribution >= 0.6 is 11.6 Å². The molecular weight excluding hydrogens is 418 g/mol. The van der Waals surface area contributed by atoms with Crippen LogP contribution in [0.15, 0.2) is 53.5 Å². The molecule has 0 spiro atoms. The van der Waals surface area contributed by atoms with Gasteiger partial charge in [0.25, 0.3) is 11.5 Å². The van der Waals surface area contributed by atoms with Crippen LogP contribution in [0.4, 0.5) is 8.78 Å². The van der Waals surface area contributed by atoms with Crippen molar-refractivity contribution in [1.29, 1.82) is 0 Å². The first kappa shape index (κ1) is 19.6. The van der Waals surface area contributed by atoms with Crippen molar-refractivity contribution in [1.82, 2.24) is 14.8 Å². The molecule has 0 atom stereocenters. The Morgan fingerprint density at radius 2 is 1.83 bits per heavy atom. The summed E-state index contributed by atoms with van der Waals surface area (Å²) in [5.41, 5.74) is 4.76. The average molecular weight is 431 g/mol. The average Bonchev–Trinajstić information content (AvgIpc) is 3.11. The number of rotatable bonds is 5. The molecule has 10 heteroatoms. The number of halogens is 3. The van der Waals surface area contributed by atoms with Gasteiger partial charge in [0.15, 0.2) is 18.2 Å². The quantitative estimate of drug-likeness (QED) is 0.507. The van der Waals surface area contributed by atoms with Gasteiger partial charge in [-0.05, 0) is 36.4 Å². The molecule has 0 aliphatic carbocycles. The van der Waals surface area contributed by atoms with Crippen molar-refractivity contribution in [2.45, 2.75) is 0 Å². The summed E-state index contributed by atoms with van der Waals surface area (Å²) < 4.78 is 35.0. The van der Waals surface area contributed by atoms with E-state index in [1.807, 2.05) is 0 Å². The molecule has 7 nitrogen and oxygen atoms in total. The van der Waals surface area contributed by atoms with Crippen LogP contribution in [0, 0.1) is 11.6 Å². The standard InChI is InChI=1S/C20H13ClF2N4O3/c21-12-8-25-20(29)16-17(10-4-6-11(7-5-10)30-9-15(24)28)26-27(18(12)16)19-13(22)2-1-3-14(19)23/h1-8H,9H2,(H2,24,28)(H,25,29). The lowest BCUT2D eigenvalue weighted by atomic mass is 10.1. The molecule has 2 heterocycles. The molecule has 1 amide bonds. The number of nitrogens with zero attached hydrogens (tertiary/aromatic N) is 2. The zero-order valence-corrected chi connectivity index (χ0v) is 15.9. The number of carbonyl (C=O) groups excluding carboxylic acids is 1. The fourth-order valence-electron chi connectivity index (χ4n) is 3.04. The van der Waals surface area contributed by atoms with Crippen molar-refractivity contribution < 1.29 is 18.3 Å². The molecule has 0 unspecified atom stereocenters. The molecule has 0 saturated carbocycles. The molecule has 3 N–H and O–H groups in total. The van der Waals surface area contributed by atoms with Crippen LogP contribution < -0.4 is 16.0 Å². The Hall–Kier alpha value is -3.72. The number of hydrogen-bond acceptors (Lipinski definition) is 4. The molecule has 0 fully saturated rings. The van der Waals surface area contributed by atoms with Crippen molar-refractivity contribution >= 4 is 28.4 Å². The molecule has 0 aliphatic heterocycles. The summed E-state index contributed by atoms with van der Waals surface area (Å²) in [6.07, 6.45) is 1.23. The summed E-state index contributed by atoms with van der Waals surface area (Å²) in [4.78, 5) is 25.9. The molecule has 0 bridgehead atoms. The maximum Gasteiger partial charge on any atom is 0.259 e. The SMILES string of the molecule is NC(=O)COc1ccc(-c2nn(-c3c(F)cccc3F)c3c(Cl)c[nH]c(=O)c23)cc1. The number of nitrogens with one attached hydrogen (secondary N) is 1. The largest absolute Gasteiger partial charge is 0.484 e. The van der Waals surface area contributed by atoms with E-state index in [4.69, 9.17) is 22.1 Å². The van der Waals surface area contributed by atoms with E-state index in [1.54, 1.807) is 24.3 Å². The van der Waals surface area contributed by atoms with Crippen molar-refractivity contribution in [3.05, 3.63) is 75.7 Å². The zero-order valence-electron chi connectivity index (χ0n) is 15.2. The molecule has 2 aromatic carbocycles. The summed E-state index contributed by atoms with van der Waals surface area (Å²) in [7, 11) is 0. The summed E-state index contributed by atoms with van der Waals surface area (Å²) >= 11 is 6.25. The van der Waals surface area contributed by atoms with E-state index in [0.717, 1.165) is 16.8 Å². The van der Waals surface area contributed by atoms with Gasteiger partial charge in [0.1, 0.15) is 22.6 Å². The zero-order chi connectivity index (χ0) is 21.4. The van der Waals surface area contributed by atoms with Gasteiger partial charge >= 0.3 is 0 Å². The second-order valence-corrected chi connectivity index (χ2v) is 6.71. The van der Waals surface area contributed by atoms with Crippen LogP contribution in [0.1, 0.15) is 0 Å². The Kier molecular flexibility index (Phi) is 4.96. The topological polar surface area (TPSA) is 103 Å². The third kappa shape index (κ3) is 3.39. The van der Waals surface area contributed by atoms with Crippen molar-refractivity contribution in [3.63, 3.8) is 0 Å². The van der Waals surface area contributed by atoms with Crippen LogP contribution in [0.25, 0.3) is 27.8 Å². The second-order valence-electron chi connectivity index (χ2n) is 6.30. The third-order valence-corrected chi connectivity index (χ3v) is 4.61. The van der Waals surface area contributed by atoms with E-state index in [9.17, 15) is 18.4 Å². The number of pyridine rings is 1.